The minimum absolute atomic E-state index is 0.168. The van der Waals surface area contributed by atoms with E-state index in [1.54, 1.807) is 19.6 Å². The van der Waals surface area contributed by atoms with E-state index in [9.17, 15) is 0 Å². The molecule has 1 N–H and O–H groups in total. The number of ether oxygens (including phenoxy) is 1. The van der Waals surface area contributed by atoms with Crippen LogP contribution in [0, 0.1) is 11.8 Å². The summed E-state index contributed by atoms with van der Waals surface area (Å²) in [6.45, 7) is -0.168. The third kappa shape index (κ3) is 3.78. The summed E-state index contributed by atoms with van der Waals surface area (Å²) >= 11 is 1.51. The molecule has 0 saturated carbocycles. The van der Waals surface area contributed by atoms with Gasteiger partial charge in [-0.05, 0) is 17.7 Å². The molecule has 0 unspecified atom stereocenters. The van der Waals surface area contributed by atoms with Gasteiger partial charge >= 0.3 is 0 Å². The first-order valence-corrected chi connectivity index (χ1v) is 6.61. The van der Waals surface area contributed by atoms with Gasteiger partial charge in [0.2, 0.25) is 0 Å². The van der Waals surface area contributed by atoms with Crippen molar-refractivity contribution in [2.75, 3.05) is 13.7 Å². The molecule has 2 rings (SSSR count). The standard InChI is InChI=1S/C14H13NO3S/c1-17-13-5-4-11(9-12(13)3-2-7-16)10-19-14-15-6-8-18-14/h4-6,8-9,16H,7,10H2,1H3. The smallest absolute Gasteiger partial charge is 0.255 e. The molecule has 5 heteroatoms. The van der Waals surface area contributed by atoms with E-state index in [1.807, 2.05) is 18.2 Å². The average molecular weight is 275 g/mol. The SMILES string of the molecule is COc1ccc(CSc2ncco2)cc1C#CCO. The van der Waals surface area contributed by atoms with Gasteiger partial charge in [-0.3, -0.25) is 0 Å². The van der Waals surface area contributed by atoms with Gasteiger partial charge in [0.05, 0.1) is 18.9 Å². The maximum Gasteiger partial charge on any atom is 0.255 e. The molecule has 0 fully saturated rings. The molecule has 0 radical (unpaired) electrons. The number of rotatable bonds is 4. The van der Waals surface area contributed by atoms with Crippen molar-refractivity contribution in [1.82, 2.24) is 4.98 Å². The Morgan fingerprint density at radius 3 is 3.05 bits per heavy atom. The molecule has 0 aliphatic carbocycles. The second-order valence-electron chi connectivity index (χ2n) is 3.58. The topological polar surface area (TPSA) is 55.5 Å². The first kappa shape index (κ1) is 13.5. The molecule has 1 aromatic carbocycles. The fraction of sp³-hybridized carbons (Fsp3) is 0.214. The Morgan fingerprint density at radius 1 is 1.47 bits per heavy atom. The summed E-state index contributed by atoms with van der Waals surface area (Å²) in [6.07, 6.45) is 3.17. The highest BCUT2D eigenvalue weighted by Gasteiger charge is 2.04. The molecule has 1 heterocycles. The van der Waals surface area contributed by atoms with Crippen molar-refractivity contribution in [3.8, 4) is 17.6 Å². The van der Waals surface area contributed by atoms with E-state index in [0.29, 0.717) is 11.0 Å². The monoisotopic (exact) mass is 275 g/mol. The van der Waals surface area contributed by atoms with Crippen LogP contribution in [0.4, 0.5) is 0 Å². The zero-order valence-corrected chi connectivity index (χ0v) is 11.2. The van der Waals surface area contributed by atoms with Crippen molar-refractivity contribution in [3.05, 3.63) is 41.8 Å². The van der Waals surface area contributed by atoms with Crippen LogP contribution in [-0.4, -0.2) is 23.8 Å². The van der Waals surface area contributed by atoms with Crippen LogP contribution >= 0.6 is 11.8 Å². The lowest BCUT2D eigenvalue weighted by Gasteiger charge is -2.05. The Morgan fingerprint density at radius 2 is 2.37 bits per heavy atom. The second kappa shape index (κ2) is 6.88. The molecule has 4 nitrogen and oxygen atoms in total. The predicted octanol–water partition coefficient (Wildman–Crippen LogP) is 2.32. The van der Waals surface area contributed by atoms with Gasteiger partial charge in [0.15, 0.2) is 0 Å². The maximum absolute atomic E-state index is 8.75. The molecule has 0 aliphatic rings. The van der Waals surface area contributed by atoms with Gasteiger partial charge in [-0.1, -0.05) is 29.7 Å². The van der Waals surface area contributed by atoms with Crippen molar-refractivity contribution < 1.29 is 14.3 Å². The summed E-state index contributed by atoms with van der Waals surface area (Å²) < 4.78 is 10.4. The predicted molar refractivity (Wildman–Crippen MR) is 73.0 cm³/mol. The van der Waals surface area contributed by atoms with Crippen molar-refractivity contribution in [2.45, 2.75) is 11.0 Å². The number of aliphatic hydroxyl groups is 1. The third-order valence-electron chi connectivity index (χ3n) is 2.34. The zero-order valence-electron chi connectivity index (χ0n) is 10.4. The number of hydrogen-bond acceptors (Lipinski definition) is 5. The van der Waals surface area contributed by atoms with Crippen LogP contribution in [0.1, 0.15) is 11.1 Å². The lowest BCUT2D eigenvalue weighted by atomic mass is 10.1. The van der Waals surface area contributed by atoms with Crippen LogP contribution in [-0.2, 0) is 5.75 Å². The van der Waals surface area contributed by atoms with E-state index in [2.05, 4.69) is 16.8 Å². The fourth-order valence-corrected chi connectivity index (χ4v) is 2.23. The molecule has 1 aromatic heterocycles. The molecule has 0 saturated heterocycles. The number of hydrogen-bond donors (Lipinski definition) is 1. The Kier molecular flexibility index (Phi) is 4.90. The molecule has 98 valence electrons. The minimum Gasteiger partial charge on any atom is -0.495 e. The van der Waals surface area contributed by atoms with Gasteiger partial charge in [0.25, 0.3) is 5.22 Å². The van der Waals surface area contributed by atoms with Crippen LogP contribution in [0.25, 0.3) is 0 Å². The van der Waals surface area contributed by atoms with Crippen molar-refractivity contribution in [1.29, 1.82) is 0 Å². The van der Waals surface area contributed by atoms with E-state index in [-0.39, 0.29) is 6.61 Å². The molecule has 19 heavy (non-hydrogen) atoms. The number of aromatic nitrogens is 1. The van der Waals surface area contributed by atoms with Crippen molar-refractivity contribution in [3.63, 3.8) is 0 Å². The van der Waals surface area contributed by atoms with Gasteiger partial charge < -0.3 is 14.3 Å². The fourth-order valence-electron chi connectivity index (χ4n) is 1.50. The van der Waals surface area contributed by atoms with Crippen LogP contribution < -0.4 is 4.74 Å². The number of nitrogens with zero attached hydrogens (tertiary/aromatic N) is 1. The summed E-state index contributed by atoms with van der Waals surface area (Å²) in [4.78, 5) is 4.05. The van der Waals surface area contributed by atoms with Crippen LogP contribution in [0.15, 0.2) is 40.3 Å². The summed E-state index contributed by atoms with van der Waals surface area (Å²) in [7, 11) is 1.60. The first-order valence-electron chi connectivity index (χ1n) is 5.62. The summed E-state index contributed by atoms with van der Waals surface area (Å²) in [5.41, 5.74) is 1.85. The summed E-state index contributed by atoms with van der Waals surface area (Å²) in [6, 6.07) is 5.78. The third-order valence-corrected chi connectivity index (χ3v) is 3.26. The lowest BCUT2D eigenvalue weighted by Crippen LogP contribution is -1.91. The van der Waals surface area contributed by atoms with Gasteiger partial charge in [0, 0.05) is 5.75 Å². The quantitative estimate of drug-likeness (QED) is 0.685. The molecular weight excluding hydrogens is 262 g/mol. The zero-order chi connectivity index (χ0) is 13.5. The summed E-state index contributed by atoms with van der Waals surface area (Å²) in [5.74, 6) is 6.93. The average Bonchev–Trinajstić information content (AvgIpc) is 2.96. The second-order valence-corrected chi connectivity index (χ2v) is 4.51. The molecule has 0 spiro atoms. The van der Waals surface area contributed by atoms with Gasteiger partial charge in [0.1, 0.15) is 18.6 Å². The Bertz CT molecular complexity index is 584. The van der Waals surface area contributed by atoms with Gasteiger partial charge in [-0.2, -0.15) is 0 Å². The highest BCUT2D eigenvalue weighted by atomic mass is 32.2. The molecule has 0 aliphatic heterocycles. The number of aliphatic hydroxyl groups excluding tert-OH is 1. The summed E-state index contributed by atoms with van der Waals surface area (Å²) in [5, 5.41) is 9.39. The maximum atomic E-state index is 8.75. The molecule has 0 bridgehead atoms. The largest absolute Gasteiger partial charge is 0.495 e. The van der Waals surface area contributed by atoms with E-state index in [1.165, 1.54) is 11.8 Å². The van der Waals surface area contributed by atoms with Crippen molar-refractivity contribution in [2.24, 2.45) is 0 Å². The Labute approximate surface area is 115 Å². The van der Waals surface area contributed by atoms with E-state index < -0.39 is 0 Å². The molecule has 2 aromatic rings. The Balaban J connectivity index is 2.13. The van der Waals surface area contributed by atoms with Gasteiger partial charge in [-0.25, -0.2) is 4.98 Å². The van der Waals surface area contributed by atoms with E-state index >= 15 is 0 Å². The lowest BCUT2D eigenvalue weighted by molar-refractivity contribution is 0.350. The Hall–Kier alpha value is -1.90. The van der Waals surface area contributed by atoms with Crippen LogP contribution in [0.3, 0.4) is 0 Å². The molecule has 0 amide bonds. The number of thioether (sulfide) groups is 1. The van der Waals surface area contributed by atoms with Gasteiger partial charge in [-0.15, -0.1) is 0 Å². The van der Waals surface area contributed by atoms with E-state index in [0.717, 1.165) is 16.9 Å². The molecule has 0 atom stereocenters. The first-order chi connectivity index (χ1) is 9.33. The van der Waals surface area contributed by atoms with Crippen LogP contribution in [0.5, 0.6) is 5.75 Å². The van der Waals surface area contributed by atoms with Crippen LogP contribution in [0.2, 0.25) is 0 Å². The minimum atomic E-state index is -0.168. The van der Waals surface area contributed by atoms with Crippen molar-refractivity contribution >= 4 is 11.8 Å². The number of benzene rings is 1. The van der Waals surface area contributed by atoms with E-state index in [4.69, 9.17) is 14.3 Å². The number of oxazole rings is 1. The normalized spacial score (nSPS) is 9.79. The highest BCUT2D eigenvalue weighted by Crippen LogP contribution is 2.24. The number of methoxy groups -OCH3 is 1. The highest BCUT2D eigenvalue weighted by molar-refractivity contribution is 7.98. The molecular formula is C14H13NO3S.